The lowest BCUT2D eigenvalue weighted by Crippen LogP contribution is -2.51. The van der Waals surface area contributed by atoms with Gasteiger partial charge in [-0.3, -0.25) is 0 Å². The van der Waals surface area contributed by atoms with Crippen LogP contribution in [0.25, 0.3) is 0 Å². The van der Waals surface area contributed by atoms with Crippen LogP contribution in [0.2, 0.25) is 0 Å². The Bertz CT molecular complexity index is 223. The molecule has 0 heterocycles. The number of terminal acetylenes is 1. The van der Waals surface area contributed by atoms with Crippen LogP contribution in [0.4, 0.5) is 0 Å². The van der Waals surface area contributed by atoms with Gasteiger partial charge in [-0.05, 0) is 26.8 Å². The molecule has 0 bridgehead atoms. The summed E-state index contributed by atoms with van der Waals surface area (Å²) in [5, 5.41) is 3.36. The molecule has 1 aliphatic carbocycles. The van der Waals surface area contributed by atoms with Crippen molar-refractivity contribution in [2.24, 2.45) is 0 Å². The zero-order valence-corrected chi connectivity index (χ0v) is 10.7. The monoisotopic (exact) mass is 223 g/mol. The lowest BCUT2D eigenvalue weighted by molar-refractivity contribution is -0.0742. The minimum absolute atomic E-state index is 0.0215. The Kier molecular flexibility index (Phi) is 5.87. The van der Waals surface area contributed by atoms with E-state index in [0.29, 0.717) is 6.04 Å². The molecule has 0 aromatic carbocycles. The fourth-order valence-corrected chi connectivity index (χ4v) is 2.88. The summed E-state index contributed by atoms with van der Waals surface area (Å²) in [4.78, 5) is 0. The van der Waals surface area contributed by atoms with Crippen LogP contribution in [0.1, 0.15) is 51.9 Å². The van der Waals surface area contributed by atoms with Gasteiger partial charge in [0.2, 0.25) is 0 Å². The molecule has 0 radical (unpaired) electrons. The van der Waals surface area contributed by atoms with Crippen molar-refractivity contribution in [2.45, 2.75) is 63.5 Å². The van der Waals surface area contributed by atoms with Crippen LogP contribution in [0, 0.1) is 12.3 Å². The van der Waals surface area contributed by atoms with Gasteiger partial charge >= 0.3 is 0 Å². The molecule has 1 fully saturated rings. The molecule has 1 atom stereocenters. The first-order valence-electron chi connectivity index (χ1n) is 6.53. The maximum atomic E-state index is 6.10. The van der Waals surface area contributed by atoms with E-state index in [1.165, 1.54) is 25.7 Å². The Balaban J connectivity index is 2.78. The van der Waals surface area contributed by atoms with Crippen LogP contribution in [-0.4, -0.2) is 25.3 Å². The normalized spacial score (nSPS) is 22.1. The van der Waals surface area contributed by atoms with Crippen molar-refractivity contribution in [3.63, 3.8) is 0 Å². The molecule has 1 N–H and O–H groups in total. The van der Waals surface area contributed by atoms with E-state index >= 15 is 0 Å². The van der Waals surface area contributed by atoms with Gasteiger partial charge < -0.3 is 10.1 Å². The second-order valence-electron chi connectivity index (χ2n) is 4.66. The summed E-state index contributed by atoms with van der Waals surface area (Å²) >= 11 is 0. The first-order valence-corrected chi connectivity index (χ1v) is 6.53. The van der Waals surface area contributed by atoms with Crippen molar-refractivity contribution in [1.82, 2.24) is 5.32 Å². The van der Waals surface area contributed by atoms with E-state index in [4.69, 9.17) is 11.2 Å². The Morgan fingerprint density at radius 2 is 1.94 bits per heavy atom. The zero-order valence-electron chi connectivity index (χ0n) is 10.7. The van der Waals surface area contributed by atoms with Gasteiger partial charge in [0, 0.05) is 19.1 Å². The van der Waals surface area contributed by atoms with E-state index in [0.717, 1.165) is 25.9 Å². The van der Waals surface area contributed by atoms with E-state index in [2.05, 4.69) is 18.2 Å². The highest BCUT2D eigenvalue weighted by molar-refractivity contribution is 5.01. The topological polar surface area (TPSA) is 21.3 Å². The molecule has 2 nitrogen and oxygen atoms in total. The molecule has 0 amide bonds. The molecule has 2 heteroatoms. The fraction of sp³-hybridized carbons (Fsp3) is 0.857. The molecule has 1 unspecified atom stereocenters. The van der Waals surface area contributed by atoms with Crippen molar-refractivity contribution >= 4 is 0 Å². The van der Waals surface area contributed by atoms with Gasteiger partial charge in [-0.2, -0.15) is 0 Å². The maximum absolute atomic E-state index is 6.10. The van der Waals surface area contributed by atoms with E-state index in [-0.39, 0.29) is 5.60 Å². The Morgan fingerprint density at radius 1 is 1.31 bits per heavy atom. The van der Waals surface area contributed by atoms with Gasteiger partial charge in [-0.25, -0.2) is 0 Å². The van der Waals surface area contributed by atoms with E-state index in [9.17, 15) is 0 Å². The molecular formula is C14H25NO. The molecule has 1 aliphatic rings. The largest absolute Gasteiger partial charge is 0.374 e. The van der Waals surface area contributed by atoms with Crippen LogP contribution in [0.5, 0.6) is 0 Å². The smallest absolute Gasteiger partial charge is 0.0843 e. The third-order valence-electron chi connectivity index (χ3n) is 3.69. The van der Waals surface area contributed by atoms with Gasteiger partial charge in [0.25, 0.3) is 0 Å². The average molecular weight is 223 g/mol. The quantitative estimate of drug-likeness (QED) is 0.571. The highest BCUT2D eigenvalue weighted by Gasteiger charge is 2.38. The number of ether oxygens (including phenoxy) is 1. The Labute approximate surface area is 100 Å². The van der Waals surface area contributed by atoms with Gasteiger partial charge in [0.15, 0.2) is 0 Å². The summed E-state index contributed by atoms with van der Waals surface area (Å²) in [5.74, 6) is 2.78. The van der Waals surface area contributed by atoms with Crippen molar-refractivity contribution in [1.29, 1.82) is 0 Å². The minimum atomic E-state index is -0.0215. The molecule has 92 valence electrons. The summed E-state index contributed by atoms with van der Waals surface area (Å²) in [5.41, 5.74) is -0.0215. The standard InChI is InChI=1S/C14H25NO/c1-4-10-13(15-3)14(16-5-2)11-8-6-7-9-12-14/h1,13,15H,5-12H2,2-3H3. The summed E-state index contributed by atoms with van der Waals surface area (Å²) in [7, 11) is 1.99. The van der Waals surface area contributed by atoms with Crippen LogP contribution >= 0.6 is 0 Å². The van der Waals surface area contributed by atoms with Crippen molar-refractivity contribution in [3.8, 4) is 12.3 Å². The highest BCUT2D eigenvalue weighted by atomic mass is 16.5. The Morgan fingerprint density at radius 3 is 2.38 bits per heavy atom. The third kappa shape index (κ3) is 3.23. The Hall–Kier alpha value is -0.520. The molecule has 1 saturated carbocycles. The summed E-state index contributed by atoms with van der Waals surface area (Å²) < 4.78 is 6.10. The predicted octanol–water partition coefficient (Wildman–Crippen LogP) is 2.73. The van der Waals surface area contributed by atoms with E-state index in [1.807, 2.05) is 7.05 Å². The van der Waals surface area contributed by atoms with Crippen molar-refractivity contribution in [2.75, 3.05) is 13.7 Å². The molecule has 16 heavy (non-hydrogen) atoms. The maximum Gasteiger partial charge on any atom is 0.0843 e. The van der Waals surface area contributed by atoms with E-state index in [1.54, 1.807) is 0 Å². The van der Waals surface area contributed by atoms with E-state index < -0.39 is 0 Å². The van der Waals surface area contributed by atoms with Gasteiger partial charge in [0.1, 0.15) is 0 Å². The second kappa shape index (κ2) is 6.93. The number of hydrogen-bond acceptors (Lipinski definition) is 2. The van der Waals surface area contributed by atoms with Gasteiger partial charge in [-0.1, -0.05) is 25.7 Å². The number of hydrogen-bond donors (Lipinski definition) is 1. The predicted molar refractivity (Wildman–Crippen MR) is 68.4 cm³/mol. The molecule has 0 aromatic heterocycles. The zero-order chi connectivity index (χ0) is 11.9. The number of likely N-dealkylation sites (N-methyl/N-ethyl adjacent to an activating group) is 1. The average Bonchev–Trinajstić information content (AvgIpc) is 2.53. The van der Waals surface area contributed by atoms with Crippen molar-refractivity contribution in [3.05, 3.63) is 0 Å². The summed E-state index contributed by atoms with van der Waals surface area (Å²) in [6, 6.07) is 0.301. The van der Waals surface area contributed by atoms with Crippen LogP contribution in [0.15, 0.2) is 0 Å². The SMILES string of the molecule is C#CCC(NC)C1(OCC)CCCCCC1. The lowest BCUT2D eigenvalue weighted by atomic mass is 9.84. The first kappa shape index (κ1) is 13.5. The van der Waals surface area contributed by atoms with Crippen LogP contribution < -0.4 is 5.32 Å². The van der Waals surface area contributed by atoms with Gasteiger partial charge in [0.05, 0.1) is 5.60 Å². The minimum Gasteiger partial charge on any atom is -0.374 e. The number of nitrogens with one attached hydrogen (secondary N) is 1. The molecule has 1 rings (SSSR count). The van der Waals surface area contributed by atoms with Crippen molar-refractivity contribution < 1.29 is 4.74 Å². The molecular weight excluding hydrogens is 198 g/mol. The van der Waals surface area contributed by atoms with Crippen LogP contribution in [-0.2, 0) is 4.74 Å². The molecule has 0 aliphatic heterocycles. The number of rotatable bonds is 5. The summed E-state index contributed by atoms with van der Waals surface area (Å²) in [6.45, 7) is 2.86. The second-order valence-corrected chi connectivity index (χ2v) is 4.66. The highest BCUT2D eigenvalue weighted by Crippen LogP contribution is 2.34. The fourth-order valence-electron chi connectivity index (χ4n) is 2.88. The molecule has 0 aromatic rings. The summed E-state index contributed by atoms with van der Waals surface area (Å²) in [6.07, 6.45) is 13.7. The van der Waals surface area contributed by atoms with Crippen LogP contribution in [0.3, 0.4) is 0 Å². The van der Waals surface area contributed by atoms with Gasteiger partial charge in [-0.15, -0.1) is 12.3 Å². The lowest BCUT2D eigenvalue weighted by Gasteiger charge is -2.39. The molecule has 0 saturated heterocycles. The third-order valence-corrected chi connectivity index (χ3v) is 3.69. The molecule has 0 spiro atoms. The first-order chi connectivity index (χ1) is 7.79.